The summed E-state index contributed by atoms with van der Waals surface area (Å²) < 4.78 is 0. The Morgan fingerprint density at radius 3 is 2.75 bits per heavy atom. The van der Waals surface area contributed by atoms with E-state index in [-0.39, 0.29) is 11.8 Å². The van der Waals surface area contributed by atoms with E-state index in [0.717, 1.165) is 24.9 Å². The summed E-state index contributed by atoms with van der Waals surface area (Å²) in [5, 5.41) is 2.15. The highest BCUT2D eigenvalue weighted by molar-refractivity contribution is 6.30. The van der Waals surface area contributed by atoms with Crippen LogP contribution in [0.2, 0.25) is 0 Å². The zero-order valence-corrected chi connectivity index (χ0v) is 12.1. The van der Waals surface area contributed by atoms with Crippen molar-refractivity contribution < 1.29 is 9.59 Å². The Morgan fingerprint density at radius 2 is 2.10 bits per heavy atom. The number of halogens is 1. The lowest BCUT2D eigenvalue weighted by molar-refractivity contribution is -0.127. The van der Waals surface area contributed by atoms with Gasteiger partial charge in [0.05, 0.1) is 0 Å². The molecule has 1 N–H and O–H groups in total. The first-order valence-electron chi connectivity index (χ1n) is 6.93. The molecule has 1 aromatic rings. The minimum Gasteiger partial charge on any atom is -0.354 e. The van der Waals surface area contributed by atoms with Gasteiger partial charge >= 0.3 is 0 Å². The summed E-state index contributed by atoms with van der Waals surface area (Å²) in [5.74, 6) is 0.0291. The molecule has 2 amide bonds. The van der Waals surface area contributed by atoms with Gasteiger partial charge in [-0.25, -0.2) is 0 Å². The first kappa shape index (κ1) is 14.9. The average molecular weight is 295 g/mol. The Balaban J connectivity index is 1.68. The van der Waals surface area contributed by atoms with E-state index in [2.05, 4.69) is 5.32 Å². The number of benzene rings is 1. The van der Waals surface area contributed by atoms with Crippen LogP contribution in [-0.2, 0) is 9.59 Å². The molecule has 1 aliphatic rings. The van der Waals surface area contributed by atoms with Gasteiger partial charge < -0.3 is 10.2 Å². The highest BCUT2D eigenvalue weighted by Gasteiger charge is 2.20. The lowest BCUT2D eigenvalue weighted by atomic mass is 10.1. The second-order valence-electron chi connectivity index (χ2n) is 4.90. The molecule has 20 heavy (non-hydrogen) atoms. The van der Waals surface area contributed by atoms with Crippen LogP contribution in [0.25, 0.3) is 0 Å². The van der Waals surface area contributed by atoms with Gasteiger partial charge in [-0.05, 0) is 18.4 Å². The van der Waals surface area contributed by atoms with E-state index < -0.39 is 5.38 Å². The molecule has 1 unspecified atom stereocenters. The van der Waals surface area contributed by atoms with Gasteiger partial charge in [-0.1, -0.05) is 30.3 Å². The lowest BCUT2D eigenvalue weighted by Crippen LogP contribution is -2.32. The van der Waals surface area contributed by atoms with Gasteiger partial charge in [-0.15, -0.1) is 11.6 Å². The van der Waals surface area contributed by atoms with Crippen LogP contribution in [0.5, 0.6) is 0 Å². The minimum atomic E-state index is -0.662. The van der Waals surface area contributed by atoms with Crippen molar-refractivity contribution in [2.75, 3.05) is 19.6 Å². The van der Waals surface area contributed by atoms with Gasteiger partial charge in [0.1, 0.15) is 5.38 Å². The molecule has 1 saturated heterocycles. The molecular weight excluding hydrogens is 276 g/mol. The van der Waals surface area contributed by atoms with Crippen molar-refractivity contribution in [1.82, 2.24) is 10.2 Å². The summed E-state index contributed by atoms with van der Waals surface area (Å²) in [7, 11) is 0. The maximum Gasteiger partial charge on any atom is 0.242 e. The quantitative estimate of drug-likeness (QED) is 0.645. The molecule has 0 bridgehead atoms. The van der Waals surface area contributed by atoms with Crippen molar-refractivity contribution >= 4 is 23.4 Å². The normalized spacial score (nSPS) is 16.2. The van der Waals surface area contributed by atoms with Gasteiger partial charge in [0, 0.05) is 26.1 Å². The molecule has 1 fully saturated rings. The first-order valence-corrected chi connectivity index (χ1v) is 7.36. The Labute approximate surface area is 124 Å². The molecule has 1 heterocycles. The smallest absolute Gasteiger partial charge is 0.242 e. The van der Waals surface area contributed by atoms with Crippen molar-refractivity contribution in [2.45, 2.75) is 24.6 Å². The molecule has 0 spiro atoms. The van der Waals surface area contributed by atoms with Gasteiger partial charge in [0.15, 0.2) is 0 Å². The van der Waals surface area contributed by atoms with Crippen LogP contribution in [0, 0.1) is 0 Å². The van der Waals surface area contributed by atoms with E-state index in [0.29, 0.717) is 19.5 Å². The molecule has 0 saturated carbocycles. The number of carbonyl (C=O) groups excluding carboxylic acids is 2. The number of nitrogens with one attached hydrogen (secondary N) is 1. The minimum absolute atomic E-state index is 0.189. The van der Waals surface area contributed by atoms with Crippen molar-refractivity contribution in [3.8, 4) is 0 Å². The topological polar surface area (TPSA) is 49.4 Å². The fourth-order valence-electron chi connectivity index (χ4n) is 2.28. The Kier molecular flexibility index (Phi) is 5.41. The van der Waals surface area contributed by atoms with Crippen molar-refractivity contribution in [3.63, 3.8) is 0 Å². The van der Waals surface area contributed by atoms with E-state index >= 15 is 0 Å². The maximum atomic E-state index is 11.9. The number of carbonyl (C=O) groups is 2. The molecule has 1 aromatic carbocycles. The molecule has 5 heteroatoms. The highest BCUT2D eigenvalue weighted by Crippen LogP contribution is 2.19. The molecule has 108 valence electrons. The van der Waals surface area contributed by atoms with Crippen molar-refractivity contribution in [3.05, 3.63) is 35.9 Å². The van der Waals surface area contributed by atoms with Gasteiger partial charge in [0.2, 0.25) is 11.8 Å². The van der Waals surface area contributed by atoms with E-state index in [1.807, 2.05) is 35.2 Å². The third kappa shape index (κ3) is 3.97. The molecule has 0 radical (unpaired) electrons. The standard InChI is InChI=1S/C15H19ClN2O2/c16-14(12-6-2-1-3-7-12)15(20)17-9-5-11-18-10-4-8-13(18)19/h1-3,6-7,14H,4-5,8-11H2,(H,17,20). The van der Waals surface area contributed by atoms with Gasteiger partial charge in [-0.2, -0.15) is 0 Å². The highest BCUT2D eigenvalue weighted by atomic mass is 35.5. The average Bonchev–Trinajstić information content (AvgIpc) is 2.89. The fraction of sp³-hybridized carbons (Fsp3) is 0.467. The zero-order valence-electron chi connectivity index (χ0n) is 11.3. The van der Waals surface area contributed by atoms with Crippen LogP contribution >= 0.6 is 11.6 Å². The molecule has 2 rings (SSSR count). The van der Waals surface area contributed by atoms with E-state index in [1.54, 1.807) is 0 Å². The number of amides is 2. The summed E-state index contributed by atoms with van der Waals surface area (Å²) in [6.45, 7) is 2.09. The molecule has 1 aliphatic heterocycles. The van der Waals surface area contributed by atoms with Crippen LogP contribution < -0.4 is 5.32 Å². The summed E-state index contributed by atoms with van der Waals surface area (Å²) >= 11 is 6.11. The first-order chi connectivity index (χ1) is 9.68. The summed E-state index contributed by atoms with van der Waals surface area (Å²) in [4.78, 5) is 25.1. The molecule has 0 aromatic heterocycles. The maximum absolute atomic E-state index is 11.9. The second-order valence-corrected chi connectivity index (χ2v) is 5.34. The van der Waals surface area contributed by atoms with Crippen LogP contribution in [-0.4, -0.2) is 36.3 Å². The number of nitrogens with zero attached hydrogens (tertiary/aromatic N) is 1. The summed E-state index contributed by atoms with van der Waals surface area (Å²) in [6, 6.07) is 9.27. The largest absolute Gasteiger partial charge is 0.354 e. The number of likely N-dealkylation sites (tertiary alicyclic amines) is 1. The summed E-state index contributed by atoms with van der Waals surface area (Å²) in [6.07, 6.45) is 2.36. The van der Waals surface area contributed by atoms with Crippen LogP contribution in [0.3, 0.4) is 0 Å². The number of hydrogen-bond donors (Lipinski definition) is 1. The third-order valence-corrected chi connectivity index (χ3v) is 3.85. The van der Waals surface area contributed by atoms with E-state index in [4.69, 9.17) is 11.6 Å². The van der Waals surface area contributed by atoms with Gasteiger partial charge in [0.25, 0.3) is 0 Å². The Bertz CT molecular complexity index is 464. The Hall–Kier alpha value is -1.55. The predicted octanol–water partition coefficient (Wildman–Crippen LogP) is 2.10. The lowest BCUT2D eigenvalue weighted by Gasteiger charge is -2.16. The van der Waals surface area contributed by atoms with Crippen LogP contribution in [0.4, 0.5) is 0 Å². The SMILES string of the molecule is O=C(NCCCN1CCCC1=O)C(Cl)c1ccccc1. The van der Waals surface area contributed by atoms with Crippen LogP contribution in [0.1, 0.15) is 30.2 Å². The molecule has 0 aliphatic carbocycles. The number of hydrogen-bond acceptors (Lipinski definition) is 2. The number of rotatable bonds is 6. The van der Waals surface area contributed by atoms with Crippen molar-refractivity contribution in [1.29, 1.82) is 0 Å². The third-order valence-electron chi connectivity index (χ3n) is 3.40. The molecular formula is C15H19ClN2O2. The predicted molar refractivity (Wildman–Crippen MR) is 78.5 cm³/mol. The van der Waals surface area contributed by atoms with Gasteiger partial charge in [-0.3, -0.25) is 9.59 Å². The van der Waals surface area contributed by atoms with E-state index in [1.165, 1.54) is 0 Å². The summed E-state index contributed by atoms with van der Waals surface area (Å²) in [5.41, 5.74) is 0.793. The molecule has 1 atom stereocenters. The fourth-order valence-corrected chi connectivity index (χ4v) is 2.51. The number of alkyl halides is 1. The monoisotopic (exact) mass is 294 g/mol. The van der Waals surface area contributed by atoms with E-state index in [9.17, 15) is 9.59 Å². The van der Waals surface area contributed by atoms with Crippen LogP contribution in [0.15, 0.2) is 30.3 Å². The second kappa shape index (κ2) is 7.29. The Morgan fingerprint density at radius 1 is 1.35 bits per heavy atom. The zero-order chi connectivity index (χ0) is 14.4. The molecule has 4 nitrogen and oxygen atoms in total. The van der Waals surface area contributed by atoms with Crippen molar-refractivity contribution in [2.24, 2.45) is 0 Å².